The highest BCUT2D eigenvalue weighted by molar-refractivity contribution is 6.04. The molecular formula is C21H30O6. The van der Waals surface area contributed by atoms with E-state index in [2.05, 4.69) is 13.2 Å². The Bertz CT molecular complexity index is 686. The molecule has 0 saturated heterocycles. The lowest BCUT2D eigenvalue weighted by atomic mass is 9.93. The number of methoxy groups -OCH3 is 1. The Morgan fingerprint density at radius 2 is 1.63 bits per heavy atom. The average molecular weight is 378 g/mol. The minimum absolute atomic E-state index is 0.145. The van der Waals surface area contributed by atoms with Crippen LogP contribution in [0.15, 0.2) is 48.5 Å². The molecule has 150 valence electrons. The molecule has 0 bridgehead atoms. The number of rotatable bonds is 7. The lowest BCUT2D eigenvalue weighted by molar-refractivity contribution is -0.281. The van der Waals surface area contributed by atoms with Crippen LogP contribution in [0.1, 0.15) is 41.5 Å². The Labute approximate surface area is 161 Å². The van der Waals surface area contributed by atoms with Crippen molar-refractivity contribution in [3.05, 3.63) is 48.5 Å². The van der Waals surface area contributed by atoms with Crippen LogP contribution >= 0.6 is 0 Å². The Balaban J connectivity index is 2.65. The van der Waals surface area contributed by atoms with Crippen LogP contribution in [0.3, 0.4) is 0 Å². The van der Waals surface area contributed by atoms with E-state index in [1.165, 1.54) is 7.11 Å². The summed E-state index contributed by atoms with van der Waals surface area (Å²) in [5, 5.41) is 0. The van der Waals surface area contributed by atoms with Gasteiger partial charge in [-0.2, -0.15) is 0 Å². The van der Waals surface area contributed by atoms with Crippen molar-refractivity contribution in [1.29, 1.82) is 0 Å². The van der Waals surface area contributed by atoms with Gasteiger partial charge in [0.1, 0.15) is 0 Å². The minimum Gasteiger partial charge on any atom is -0.495 e. The van der Waals surface area contributed by atoms with E-state index in [-0.39, 0.29) is 18.1 Å². The van der Waals surface area contributed by atoms with Gasteiger partial charge in [-0.25, -0.2) is 0 Å². The summed E-state index contributed by atoms with van der Waals surface area (Å²) >= 11 is 0. The second-order valence-corrected chi connectivity index (χ2v) is 8.12. The lowest BCUT2D eigenvalue weighted by Gasteiger charge is -2.45. The van der Waals surface area contributed by atoms with E-state index in [4.69, 9.17) is 23.7 Å². The molecule has 6 heteroatoms. The summed E-state index contributed by atoms with van der Waals surface area (Å²) < 4.78 is 29.4. The average Bonchev–Trinajstić information content (AvgIpc) is 2.57. The fraction of sp³-hybridized carbons (Fsp3) is 0.571. The van der Waals surface area contributed by atoms with E-state index < -0.39 is 28.6 Å². The number of ether oxygens (including phenoxy) is 5. The van der Waals surface area contributed by atoms with Gasteiger partial charge < -0.3 is 23.7 Å². The summed E-state index contributed by atoms with van der Waals surface area (Å²) in [5.41, 5.74) is -1.20. The van der Waals surface area contributed by atoms with E-state index in [9.17, 15) is 4.79 Å². The molecule has 0 fully saturated rings. The maximum Gasteiger partial charge on any atom is 0.299 e. The van der Waals surface area contributed by atoms with Crippen LogP contribution in [-0.2, 0) is 28.5 Å². The van der Waals surface area contributed by atoms with Crippen molar-refractivity contribution in [2.45, 2.75) is 64.3 Å². The molecule has 1 aliphatic heterocycles. The highest BCUT2D eigenvalue weighted by atomic mass is 16.7. The third kappa shape index (κ3) is 4.18. The molecule has 6 nitrogen and oxygen atoms in total. The molecule has 0 N–H and O–H groups in total. The van der Waals surface area contributed by atoms with E-state index in [0.29, 0.717) is 5.57 Å². The van der Waals surface area contributed by atoms with E-state index in [1.807, 2.05) is 0 Å². The van der Waals surface area contributed by atoms with Crippen molar-refractivity contribution in [1.82, 2.24) is 0 Å². The first-order valence-corrected chi connectivity index (χ1v) is 8.86. The first-order chi connectivity index (χ1) is 12.3. The molecule has 2 aliphatic rings. The van der Waals surface area contributed by atoms with Crippen molar-refractivity contribution in [3.63, 3.8) is 0 Å². The van der Waals surface area contributed by atoms with E-state index in [1.54, 1.807) is 59.8 Å². The number of Topliss-reactive ketones (excluding diaryl/α,β-unsaturated/α-hetero) is 1. The Hall–Kier alpha value is -1.89. The summed E-state index contributed by atoms with van der Waals surface area (Å²) in [6, 6.07) is 0. The smallest absolute Gasteiger partial charge is 0.299 e. The molecule has 1 aliphatic carbocycles. The molecule has 2 rings (SSSR count). The van der Waals surface area contributed by atoms with Gasteiger partial charge in [-0.1, -0.05) is 12.2 Å². The maximum absolute atomic E-state index is 13.6. The largest absolute Gasteiger partial charge is 0.495 e. The number of carbonyl (C=O) groups excluding carboxylic acids is 1. The quantitative estimate of drug-likeness (QED) is 0.496. The fourth-order valence-electron chi connectivity index (χ4n) is 2.70. The lowest BCUT2D eigenvalue weighted by Crippen LogP contribution is -2.57. The van der Waals surface area contributed by atoms with Crippen molar-refractivity contribution in [3.8, 4) is 0 Å². The van der Waals surface area contributed by atoms with Crippen LogP contribution in [0.5, 0.6) is 0 Å². The third-order valence-electron chi connectivity index (χ3n) is 4.37. The highest BCUT2D eigenvalue weighted by Gasteiger charge is 2.57. The molecule has 0 radical (unpaired) electrons. The zero-order valence-electron chi connectivity index (χ0n) is 17.3. The van der Waals surface area contributed by atoms with Crippen LogP contribution in [-0.4, -0.2) is 42.3 Å². The Kier molecular flexibility index (Phi) is 5.49. The molecule has 0 atom stereocenters. The minimum atomic E-state index is -1.85. The number of hydrogen-bond donors (Lipinski definition) is 0. The highest BCUT2D eigenvalue weighted by Crippen LogP contribution is 2.43. The van der Waals surface area contributed by atoms with Crippen LogP contribution in [0, 0.1) is 0 Å². The standard InChI is InChI=1S/C21H30O6/c1-10-18(3,4)26-21(27-19(5,6)11-2)15(23-9)12-14-13-24-20(7,8)25-16(14)17(21)22/h10-12H,1-2,13H2,3-9H3. The summed E-state index contributed by atoms with van der Waals surface area (Å²) in [4.78, 5) is 13.6. The third-order valence-corrected chi connectivity index (χ3v) is 4.37. The molecule has 0 unspecified atom stereocenters. The molecule has 0 saturated carbocycles. The van der Waals surface area contributed by atoms with Gasteiger partial charge in [-0.3, -0.25) is 4.79 Å². The first-order valence-electron chi connectivity index (χ1n) is 8.86. The SMILES string of the molecule is C=CC(C)(C)OC1(OC(C)(C)C=C)C(=O)C2=C(C=C1OC)COC(C)(C)O2. The van der Waals surface area contributed by atoms with Crippen LogP contribution in [0.4, 0.5) is 0 Å². The Morgan fingerprint density at radius 1 is 1.11 bits per heavy atom. The van der Waals surface area contributed by atoms with Gasteiger partial charge in [0, 0.05) is 19.4 Å². The predicted molar refractivity (Wildman–Crippen MR) is 102 cm³/mol. The van der Waals surface area contributed by atoms with Crippen LogP contribution in [0.2, 0.25) is 0 Å². The van der Waals surface area contributed by atoms with Crippen molar-refractivity contribution in [2.75, 3.05) is 13.7 Å². The van der Waals surface area contributed by atoms with Gasteiger partial charge in [-0.05, 0) is 33.8 Å². The summed E-state index contributed by atoms with van der Waals surface area (Å²) in [7, 11) is 1.46. The van der Waals surface area contributed by atoms with E-state index in [0.717, 1.165) is 0 Å². The molecule has 27 heavy (non-hydrogen) atoms. The number of carbonyl (C=O) groups is 1. The van der Waals surface area contributed by atoms with E-state index >= 15 is 0 Å². The number of hydrogen-bond acceptors (Lipinski definition) is 6. The maximum atomic E-state index is 13.6. The molecule has 1 heterocycles. The predicted octanol–water partition coefficient (Wildman–Crippen LogP) is 3.80. The fourth-order valence-corrected chi connectivity index (χ4v) is 2.70. The normalized spacial score (nSPS) is 21.7. The van der Waals surface area contributed by atoms with Gasteiger partial charge in [0.25, 0.3) is 11.6 Å². The summed E-state index contributed by atoms with van der Waals surface area (Å²) in [6.45, 7) is 18.4. The molecular weight excluding hydrogens is 348 g/mol. The van der Waals surface area contributed by atoms with Crippen molar-refractivity contribution >= 4 is 5.78 Å². The second-order valence-electron chi connectivity index (χ2n) is 8.12. The van der Waals surface area contributed by atoms with Crippen molar-refractivity contribution in [2.24, 2.45) is 0 Å². The summed E-state index contributed by atoms with van der Waals surface area (Å²) in [6.07, 6.45) is 4.86. The van der Waals surface area contributed by atoms with Gasteiger partial charge in [0.2, 0.25) is 5.79 Å². The zero-order valence-corrected chi connectivity index (χ0v) is 17.3. The summed E-state index contributed by atoms with van der Waals surface area (Å²) in [5.74, 6) is -2.93. The van der Waals surface area contributed by atoms with Crippen molar-refractivity contribution < 1.29 is 28.5 Å². The molecule has 0 aromatic heterocycles. The Morgan fingerprint density at radius 3 is 2.07 bits per heavy atom. The molecule has 0 aromatic rings. The van der Waals surface area contributed by atoms with Gasteiger partial charge in [-0.15, -0.1) is 13.2 Å². The number of ketones is 1. The van der Waals surface area contributed by atoms with Gasteiger partial charge >= 0.3 is 0 Å². The van der Waals surface area contributed by atoms with Gasteiger partial charge in [0.15, 0.2) is 11.5 Å². The molecule has 0 amide bonds. The second kappa shape index (κ2) is 6.93. The monoisotopic (exact) mass is 378 g/mol. The zero-order chi connectivity index (χ0) is 20.7. The molecule has 0 spiro atoms. The van der Waals surface area contributed by atoms with Crippen LogP contribution < -0.4 is 0 Å². The van der Waals surface area contributed by atoms with Crippen LogP contribution in [0.25, 0.3) is 0 Å². The topological polar surface area (TPSA) is 63.2 Å². The van der Waals surface area contributed by atoms with Gasteiger partial charge in [0.05, 0.1) is 24.9 Å². The molecule has 0 aromatic carbocycles. The first kappa shape index (κ1) is 21.4.